The van der Waals surface area contributed by atoms with Gasteiger partial charge in [0.25, 0.3) is 0 Å². The Morgan fingerprint density at radius 1 is 1.05 bits per heavy atom. The van der Waals surface area contributed by atoms with Crippen molar-refractivity contribution >= 4 is 11.3 Å². The third kappa shape index (κ3) is 3.44. The van der Waals surface area contributed by atoms with Crippen LogP contribution in [-0.2, 0) is 0 Å². The number of halogens is 2. The third-order valence-corrected chi connectivity index (χ3v) is 4.34. The van der Waals surface area contributed by atoms with Gasteiger partial charge in [-0.05, 0) is 42.0 Å². The lowest BCUT2D eigenvalue weighted by Gasteiger charge is -2.26. The van der Waals surface area contributed by atoms with Crippen LogP contribution in [0.15, 0.2) is 35.7 Å². The molecule has 0 radical (unpaired) electrons. The lowest BCUT2D eigenvalue weighted by molar-refractivity contribution is 0.378. The number of thiophene rings is 1. The van der Waals surface area contributed by atoms with Crippen LogP contribution in [0.1, 0.15) is 43.3 Å². The first-order valence-corrected chi connectivity index (χ1v) is 7.61. The summed E-state index contributed by atoms with van der Waals surface area (Å²) in [7, 11) is 0. The summed E-state index contributed by atoms with van der Waals surface area (Å²) >= 11 is 1.71. The van der Waals surface area contributed by atoms with Gasteiger partial charge in [-0.1, -0.05) is 26.0 Å². The van der Waals surface area contributed by atoms with Gasteiger partial charge in [0.1, 0.15) is 0 Å². The molecule has 0 spiro atoms. The van der Waals surface area contributed by atoms with E-state index in [1.54, 1.807) is 17.4 Å². The first-order valence-electron chi connectivity index (χ1n) is 6.73. The normalized spacial score (nSPS) is 14.5. The molecule has 4 heteroatoms. The van der Waals surface area contributed by atoms with Crippen LogP contribution in [0.2, 0.25) is 0 Å². The molecule has 0 aliphatic carbocycles. The van der Waals surface area contributed by atoms with E-state index in [4.69, 9.17) is 0 Å². The smallest absolute Gasteiger partial charge is 0.159 e. The van der Waals surface area contributed by atoms with Crippen molar-refractivity contribution in [3.8, 4) is 0 Å². The van der Waals surface area contributed by atoms with E-state index >= 15 is 0 Å². The minimum atomic E-state index is -0.806. The van der Waals surface area contributed by atoms with E-state index in [2.05, 4.69) is 30.6 Å². The van der Waals surface area contributed by atoms with Crippen molar-refractivity contribution in [2.45, 2.75) is 32.9 Å². The maximum absolute atomic E-state index is 13.3. The van der Waals surface area contributed by atoms with Gasteiger partial charge >= 0.3 is 0 Å². The zero-order chi connectivity index (χ0) is 14.7. The molecule has 0 fully saturated rings. The minimum Gasteiger partial charge on any atom is -0.302 e. The van der Waals surface area contributed by atoms with E-state index in [0.717, 1.165) is 5.56 Å². The molecular formula is C16H19F2NS. The molecule has 1 N–H and O–H groups in total. The summed E-state index contributed by atoms with van der Waals surface area (Å²) in [6.45, 7) is 6.26. The predicted molar refractivity (Wildman–Crippen MR) is 79.8 cm³/mol. The zero-order valence-electron chi connectivity index (χ0n) is 11.9. The SMILES string of the molecule is CC(NC(c1cccs1)C(C)C)c1ccc(F)c(F)c1. The van der Waals surface area contributed by atoms with Crippen molar-refractivity contribution in [2.24, 2.45) is 5.92 Å². The molecule has 0 saturated carbocycles. The van der Waals surface area contributed by atoms with E-state index in [0.29, 0.717) is 5.92 Å². The standard InChI is InChI=1S/C16H19F2NS/c1-10(2)16(15-5-4-8-20-15)19-11(3)12-6-7-13(17)14(18)9-12/h4-11,16,19H,1-3H3. The summed E-state index contributed by atoms with van der Waals surface area (Å²) < 4.78 is 26.3. The van der Waals surface area contributed by atoms with Crippen LogP contribution in [0.25, 0.3) is 0 Å². The molecular weight excluding hydrogens is 276 g/mol. The Hall–Kier alpha value is -1.26. The van der Waals surface area contributed by atoms with Gasteiger partial charge < -0.3 is 5.32 Å². The first kappa shape index (κ1) is 15.1. The molecule has 20 heavy (non-hydrogen) atoms. The van der Waals surface area contributed by atoms with E-state index in [-0.39, 0.29) is 12.1 Å². The summed E-state index contributed by atoms with van der Waals surface area (Å²) in [6.07, 6.45) is 0. The van der Waals surface area contributed by atoms with Crippen molar-refractivity contribution in [3.05, 3.63) is 57.8 Å². The minimum absolute atomic E-state index is 0.0420. The Morgan fingerprint density at radius 2 is 1.80 bits per heavy atom. The van der Waals surface area contributed by atoms with Crippen LogP contribution in [0.3, 0.4) is 0 Å². The fourth-order valence-corrected chi connectivity index (χ4v) is 3.18. The fourth-order valence-electron chi connectivity index (χ4n) is 2.22. The molecule has 0 aliphatic heterocycles. The molecule has 0 amide bonds. The van der Waals surface area contributed by atoms with Crippen molar-refractivity contribution in [3.63, 3.8) is 0 Å². The average Bonchev–Trinajstić information content (AvgIpc) is 2.92. The molecule has 0 bridgehead atoms. The molecule has 2 atom stereocenters. The second-order valence-electron chi connectivity index (χ2n) is 5.30. The quantitative estimate of drug-likeness (QED) is 0.811. The number of hydrogen-bond donors (Lipinski definition) is 1. The maximum atomic E-state index is 13.3. The molecule has 1 aromatic heterocycles. The molecule has 1 nitrogen and oxygen atoms in total. The zero-order valence-corrected chi connectivity index (χ0v) is 12.7. The van der Waals surface area contributed by atoms with Gasteiger partial charge in [0.05, 0.1) is 0 Å². The Balaban J connectivity index is 2.16. The molecule has 2 rings (SSSR count). The van der Waals surface area contributed by atoms with Crippen molar-refractivity contribution in [2.75, 3.05) is 0 Å². The number of nitrogens with one attached hydrogen (secondary N) is 1. The van der Waals surface area contributed by atoms with E-state index < -0.39 is 11.6 Å². The average molecular weight is 295 g/mol. The third-order valence-electron chi connectivity index (χ3n) is 3.39. The van der Waals surface area contributed by atoms with Gasteiger partial charge in [0.15, 0.2) is 11.6 Å². The Morgan fingerprint density at radius 3 is 2.35 bits per heavy atom. The molecule has 0 saturated heterocycles. The van der Waals surface area contributed by atoms with Crippen molar-refractivity contribution < 1.29 is 8.78 Å². The highest BCUT2D eigenvalue weighted by molar-refractivity contribution is 7.10. The first-order chi connectivity index (χ1) is 9.49. The van der Waals surface area contributed by atoms with Gasteiger partial charge in [-0.2, -0.15) is 0 Å². The van der Waals surface area contributed by atoms with Gasteiger partial charge in [0.2, 0.25) is 0 Å². The second kappa shape index (κ2) is 6.46. The lowest BCUT2D eigenvalue weighted by Crippen LogP contribution is -2.27. The predicted octanol–water partition coefficient (Wildman–Crippen LogP) is 5.07. The summed E-state index contributed by atoms with van der Waals surface area (Å²) in [5, 5.41) is 5.55. The molecule has 1 heterocycles. The summed E-state index contributed by atoms with van der Waals surface area (Å²) in [5.74, 6) is -1.19. The summed E-state index contributed by atoms with van der Waals surface area (Å²) in [6, 6.07) is 8.36. The Kier molecular flexibility index (Phi) is 4.89. The number of benzene rings is 1. The Labute approximate surface area is 122 Å². The summed E-state index contributed by atoms with van der Waals surface area (Å²) in [5.41, 5.74) is 0.756. The van der Waals surface area contributed by atoms with Gasteiger partial charge in [-0.3, -0.25) is 0 Å². The molecule has 108 valence electrons. The highest BCUT2D eigenvalue weighted by Gasteiger charge is 2.20. The van der Waals surface area contributed by atoms with Crippen LogP contribution in [-0.4, -0.2) is 0 Å². The van der Waals surface area contributed by atoms with E-state index in [9.17, 15) is 8.78 Å². The molecule has 2 unspecified atom stereocenters. The molecule has 0 aliphatic rings. The second-order valence-corrected chi connectivity index (χ2v) is 6.28. The number of rotatable bonds is 5. The van der Waals surface area contributed by atoms with Gasteiger partial charge in [-0.15, -0.1) is 11.3 Å². The van der Waals surface area contributed by atoms with Crippen LogP contribution < -0.4 is 5.32 Å². The molecule has 1 aromatic carbocycles. The summed E-state index contributed by atoms with van der Waals surface area (Å²) in [4.78, 5) is 1.26. The lowest BCUT2D eigenvalue weighted by atomic mass is 9.99. The van der Waals surface area contributed by atoms with Crippen LogP contribution in [0.4, 0.5) is 8.78 Å². The highest BCUT2D eigenvalue weighted by atomic mass is 32.1. The monoisotopic (exact) mass is 295 g/mol. The Bertz CT molecular complexity index is 552. The van der Waals surface area contributed by atoms with E-state index in [1.165, 1.54) is 17.0 Å². The maximum Gasteiger partial charge on any atom is 0.159 e. The van der Waals surface area contributed by atoms with Crippen molar-refractivity contribution in [1.29, 1.82) is 0 Å². The van der Waals surface area contributed by atoms with Crippen LogP contribution in [0.5, 0.6) is 0 Å². The highest BCUT2D eigenvalue weighted by Crippen LogP contribution is 2.29. The van der Waals surface area contributed by atoms with E-state index in [1.807, 2.05) is 13.0 Å². The number of hydrogen-bond acceptors (Lipinski definition) is 2. The van der Waals surface area contributed by atoms with Gasteiger partial charge in [0, 0.05) is 17.0 Å². The largest absolute Gasteiger partial charge is 0.302 e. The van der Waals surface area contributed by atoms with Gasteiger partial charge in [-0.25, -0.2) is 8.78 Å². The van der Waals surface area contributed by atoms with Crippen LogP contribution >= 0.6 is 11.3 Å². The van der Waals surface area contributed by atoms with Crippen LogP contribution in [0, 0.1) is 17.6 Å². The molecule has 2 aromatic rings. The van der Waals surface area contributed by atoms with Crippen molar-refractivity contribution in [1.82, 2.24) is 5.32 Å². The topological polar surface area (TPSA) is 12.0 Å². The fraction of sp³-hybridized carbons (Fsp3) is 0.375.